The van der Waals surface area contributed by atoms with Gasteiger partial charge >= 0.3 is 0 Å². The van der Waals surface area contributed by atoms with E-state index in [-0.39, 0.29) is 24.5 Å². The lowest BCUT2D eigenvalue weighted by Crippen LogP contribution is -2.38. The maximum Gasteiger partial charge on any atom is 0.234 e. The van der Waals surface area contributed by atoms with E-state index in [0.29, 0.717) is 0 Å². The van der Waals surface area contributed by atoms with Crippen molar-refractivity contribution in [1.29, 1.82) is 0 Å². The van der Waals surface area contributed by atoms with Crippen LogP contribution in [0.15, 0.2) is 109 Å². The molecule has 4 rings (SSSR count). The van der Waals surface area contributed by atoms with Crippen molar-refractivity contribution in [3.63, 3.8) is 0 Å². The van der Waals surface area contributed by atoms with Crippen LogP contribution in [0.1, 0.15) is 33.7 Å². The highest BCUT2D eigenvalue weighted by Crippen LogP contribution is 2.26. The monoisotopic (exact) mass is 426 g/mol. The van der Waals surface area contributed by atoms with E-state index in [1.807, 2.05) is 53.9 Å². The standard InChI is InChI=1S/C27H26N2OS/c30-26(29-27(25-17-10-18-31-25)23-15-8-3-9-16-23)20-28-24(22-13-6-2-7-14-22)19-21-11-4-1-5-12-21/h1-18,24,27-28H,19-20H2,(H,29,30)/t24-,27-/m1/s1. The van der Waals surface area contributed by atoms with Crippen molar-refractivity contribution in [2.75, 3.05) is 6.54 Å². The number of nitrogens with one attached hydrogen (secondary N) is 2. The summed E-state index contributed by atoms with van der Waals surface area (Å²) in [4.78, 5) is 14.1. The fourth-order valence-corrected chi connectivity index (χ4v) is 4.49. The van der Waals surface area contributed by atoms with Gasteiger partial charge in [-0.1, -0.05) is 97.1 Å². The molecule has 0 saturated carbocycles. The predicted octanol–water partition coefficient (Wildman–Crippen LogP) is 5.53. The van der Waals surface area contributed by atoms with Crippen LogP contribution in [0.5, 0.6) is 0 Å². The maximum absolute atomic E-state index is 12.9. The smallest absolute Gasteiger partial charge is 0.234 e. The average molecular weight is 427 g/mol. The van der Waals surface area contributed by atoms with Gasteiger partial charge in [-0.05, 0) is 34.6 Å². The summed E-state index contributed by atoms with van der Waals surface area (Å²) in [5.41, 5.74) is 3.50. The number of carbonyl (C=O) groups is 1. The number of hydrogen-bond acceptors (Lipinski definition) is 3. The largest absolute Gasteiger partial charge is 0.343 e. The van der Waals surface area contributed by atoms with E-state index in [1.54, 1.807) is 11.3 Å². The van der Waals surface area contributed by atoms with Gasteiger partial charge in [-0.3, -0.25) is 4.79 Å². The van der Waals surface area contributed by atoms with E-state index < -0.39 is 0 Å². The molecule has 0 aliphatic rings. The number of rotatable bonds is 9. The molecule has 0 bridgehead atoms. The second-order valence-corrected chi connectivity index (χ2v) is 8.44. The quantitative estimate of drug-likeness (QED) is 0.370. The molecule has 3 nitrogen and oxygen atoms in total. The van der Waals surface area contributed by atoms with Crippen LogP contribution in [0.25, 0.3) is 0 Å². The van der Waals surface area contributed by atoms with Crippen molar-refractivity contribution in [1.82, 2.24) is 10.6 Å². The van der Waals surface area contributed by atoms with Crippen molar-refractivity contribution in [3.05, 3.63) is 130 Å². The van der Waals surface area contributed by atoms with E-state index in [9.17, 15) is 4.79 Å². The fraction of sp³-hybridized carbons (Fsp3) is 0.148. The van der Waals surface area contributed by atoms with E-state index in [0.717, 1.165) is 16.9 Å². The Labute approximate surface area is 187 Å². The lowest BCUT2D eigenvalue weighted by Gasteiger charge is -2.22. The van der Waals surface area contributed by atoms with Crippen LogP contribution in [0.2, 0.25) is 0 Å². The van der Waals surface area contributed by atoms with E-state index in [4.69, 9.17) is 0 Å². The summed E-state index contributed by atoms with van der Waals surface area (Å²) >= 11 is 1.66. The molecule has 4 heteroatoms. The molecule has 4 aromatic rings. The molecule has 0 saturated heterocycles. The summed E-state index contributed by atoms with van der Waals surface area (Å²) in [5.74, 6) is -0.0174. The van der Waals surface area contributed by atoms with Crippen LogP contribution in [0.4, 0.5) is 0 Å². The topological polar surface area (TPSA) is 41.1 Å². The number of amides is 1. The zero-order valence-electron chi connectivity index (χ0n) is 17.3. The molecule has 0 spiro atoms. The SMILES string of the molecule is O=C(CN[C@H](Cc1ccccc1)c1ccccc1)N[C@H](c1ccccc1)c1cccs1. The molecule has 156 valence electrons. The van der Waals surface area contributed by atoms with E-state index in [2.05, 4.69) is 65.2 Å². The summed E-state index contributed by atoms with van der Waals surface area (Å²) in [5, 5.41) is 8.74. The van der Waals surface area contributed by atoms with Crippen LogP contribution >= 0.6 is 11.3 Å². The first-order valence-corrected chi connectivity index (χ1v) is 11.4. The van der Waals surface area contributed by atoms with Crippen molar-refractivity contribution in [2.24, 2.45) is 0 Å². The molecule has 2 atom stereocenters. The molecule has 31 heavy (non-hydrogen) atoms. The lowest BCUT2D eigenvalue weighted by atomic mass is 9.99. The van der Waals surface area contributed by atoms with Crippen molar-refractivity contribution >= 4 is 17.2 Å². The number of benzene rings is 3. The summed E-state index contributed by atoms with van der Waals surface area (Å²) < 4.78 is 0. The van der Waals surface area contributed by atoms with Gasteiger partial charge in [-0.2, -0.15) is 0 Å². The van der Waals surface area contributed by atoms with E-state index >= 15 is 0 Å². The van der Waals surface area contributed by atoms with Gasteiger partial charge < -0.3 is 10.6 Å². The Bertz CT molecular complexity index is 1050. The second kappa shape index (κ2) is 10.7. The third-order valence-electron chi connectivity index (χ3n) is 5.26. The van der Waals surface area contributed by atoms with Crippen molar-refractivity contribution in [3.8, 4) is 0 Å². The molecule has 0 aliphatic heterocycles. The number of hydrogen-bond donors (Lipinski definition) is 2. The number of thiophene rings is 1. The first-order valence-electron chi connectivity index (χ1n) is 10.5. The Morgan fingerprint density at radius 1 is 0.742 bits per heavy atom. The van der Waals surface area contributed by atoms with Gasteiger partial charge in [0.05, 0.1) is 12.6 Å². The highest BCUT2D eigenvalue weighted by Gasteiger charge is 2.19. The minimum atomic E-state index is -0.139. The van der Waals surface area contributed by atoms with Gasteiger partial charge in [-0.15, -0.1) is 11.3 Å². The Balaban J connectivity index is 1.45. The molecule has 0 aliphatic carbocycles. The third-order valence-corrected chi connectivity index (χ3v) is 6.20. The van der Waals surface area contributed by atoms with Gasteiger partial charge in [0.2, 0.25) is 5.91 Å². The van der Waals surface area contributed by atoms with Crippen LogP contribution < -0.4 is 10.6 Å². The van der Waals surface area contributed by atoms with Crippen molar-refractivity contribution < 1.29 is 4.79 Å². The van der Waals surface area contributed by atoms with Crippen LogP contribution in [0.3, 0.4) is 0 Å². The molecular weight excluding hydrogens is 400 g/mol. The van der Waals surface area contributed by atoms with Crippen molar-refractivity contribution in [2.45, 2.75) is 18.5 Å². The number of carbonyl (C=O) groups excluding carboxylic acids is 1. The first-order chi connectivity index (χ1) is 15.3. The zero-order valence-corrected chi connectivity index (χ0v) is 18.1. The van der Waals surface area contributed by atoms with Crippen LogP contribution in [-0.2, 0) is 11.2 Å². The second-order valence-electron chi connectivity index (χ2n) is 7.46. The molecule has 0 fully saturated rings. The van der Waals surface area contributed by atoms with E-state index in [1.165, 1.54) is 11.1 Å². The fourth-order valence-electron chi connectivity index (χ4n) is 3.69. The molecule has 1 amide bonds. The van der Waals surface area contributed by atoms with Gasteiger partial charge in [-0.25, -0.2) is 0 Å². The molecule has 0 unspecified atom stereocenters. The Morgan fingerprint density at radius 2 is 1.35 bits per heavy atom. The molecule has 2 N–H and O–H groups in total. The van der Waals surface area contributed by atoms with Gasteiger partial charge in [0, 0.05) is 10.9 Å². The lowest BCUT2D eigenvalue weighted by molar-refractivity contribution is -0.120. The molecule has 1 aromatic heterocycles. The summed E-state index contributed by atoms with van der Waals surface area (Å²) in [6, 6.07) is 34.8. The minimum Gasteiger partial charge on any atom is -0.343 e. The molecule has 1 heterocycles. The van der Waals surface area contributed by atoms with Crippen LogP contribution in [-0.4, -0.2) is 12.5 Å². The van der Waals surface area contributed by atoms with Gasteiger partial charge in [0.1, 0.15) is 0 Å². The minimum absolute atomic E-state index is 0.0174. The summed E-state index contributed by atoms with van der Waals surface area (Å²) in [6.07, 6.45) is 0.825. The molecular formula is C27H26N2OS. The zero-order chi connectivity index (χ0) is 21.3. The van der Waals surface area contributed by atoms with Crippen LogP contribution in [0, 0.1) is 0 Å². The van der Waals surface area contributed by atoms with Gasteiger partial charge in [0.25, 0.3) is 0 Å². The molecule has 0 radical (unpaired) electrons. The predicted molar refractivity (Wildman–Crippen MR) is 128 cm³/mol. The Kier molecular flexibility index (Phi) is 7.27. The Morgan fingerprint density at radius 3 is 1.97 bits per heavy atom. The highest BCUT2D eigenvalue weighted by molar-refractivity contribution is 7.10. The van der Waals surface area contributed by atoms with Gasteiger partial charge in [0.15, 0.2) is 0 Å². The Hall–Kier alpha value is -3.21. The summed E-state index contributed by atoms with van der Waals surface area (Å²) in [6.45, 7) is 0.251. The average Bonchev–Trinajstić information content (AvgIpc) is 3.37. The normalized spacial score (nSPS) is 12.8. The first kappa shape index (κ1) is 21.0. The molecule has 3 aromatic carbocycles. The summed E-state index contributed by atoms with van der Waals surface area (Å²) in [7, 11) is 0. The highest BCUT2D eigenvalue weighted by atomic mass is 32.1. The maximum atomic E-state index is 12.9. The third kappa shape index (κ3) is 5.91.